The molecule has 0 radical (unpaired) electrons. The van der Waals surface area contributed by atoms with Crippen LogP contribution in [0.25, 0.3) is 0 Å². The molecule has 1 spiro atoms. The van der Waals surface area contributed by atoms with Crippen LogP contribution in [0.3, 0.4) is 0 Å². The van der Waals surface area contributed by atoms with Gasteiger partial charge in [0.25, 0.3) is 0 Å². The van der Waals surface area contributed by atoms with E-state index < -0.39 is 5.60 Å². The predicted octanol–water partition coefficient (Wildman–Crippen LogP) is 7.11. The summed E-state index contributed by atoms with van der Waals surface area (Å²) in [6.07, 6.45) is 13.7. The van der Waals surface area contributed by atoms with Gasteiger partial charge in [-0.1, -0.05) is 54.5 Å². The lowest BCUT2D eigenvalue weighted by molar-refractivity contribution is -0.300. The van der Waals surface area contributed by atoms with Crippen LogP contribution >= 0.6 is 0 Å². The molecule has 0 amide bonds. The molecule has 5 aliphatic carbocycles. The van der Waals surface area contributed by atoms with Gasteiger partial charge in [0.2, 0.25) is 0 Å². The van der Waals surface area contributed by atoms with Crippen LogP contribution in [0.15, 0.2) is 12.2 Å². The van der Waals surface area contributed by atoms with Crippen LogP contribution in [0.4, 0.5) is 0 Å². The lowest BCUT2D eigenvalue weighted by Gasteiger charge is -2.75. The minimum absolute atomic E-state index is 0.0124. The molecule has 200 valence electrons. The van der Waals surface area contributed by atoms with Gasteiger partial charge in [0.15, 0.2) is 0 Å². The van der Waals surface area contributed by atoms with Crippen LogP contribution in [-0.4, -0.2) is 23.6 Å². The van der Waals surface area contributed by atoms with Crippen LogP contribution in [0.5, 0.6) is 0 Å². The second kappa shape index (κ2) is 7.20. The lowest BCUT2D eigenvalue weighted by atomic mass is 9.31. The highest BCUT2D eigenvalue weighted by Crippen LogP contribution is 2.78. The molecule has 5 fully saturated rings. The molecule has 1 saturated heterocycles. The second-order valence-electron chi connectivity index (χ2n) is 15.5. The molecule has 1 aliphatic heterocycles. The number of ether oxygens (including phenoxy) is 2. The molecule has 4 saturated carbocycles. The van der Waals surface area contributed by atoms with E-state index in [0.29, 0.717) is 23.7 Å². The minimum atomic E-state index is -0.494. The number of carbonyl (C=O) groups excluding carboxylic acids is 2. The molecular formula is C32H48O4. The van der Waals surface area contributed by atoms with Crippen molar-refractivity contribution in [2.75, 3.05) is 0 Å². The van der Waals surface area contributed by atoms with E-state index in [2.05, 4.69) is 60.6 Å². The van der Waals surface area contributed by atoms with E-state index in [1.165, 1.54) is 6.42 Å². The third-order valence-electron chi connectivity index (χ3n) is 14.0. The van der Waals surface area contributed by atoms with Crippen molar-refractivity contribution in [2.24, 2.45) is 56.7 Å². The van der Waals surface area contributed by atoms with Gasteiger partial charge in [0.05, 0.1) is 5.92 Å². The average Bonchev–Trinajstić information content (AvgIpc) is 2.76. The van der Waals surface area contributed by atoms with Gasteiger partial charge in [-0.3, -0.25) is 9.59 Å². The van der Waals surface area contributed by atoms with E-state index in [-0.39, 0.29) is 51.0 Å². The summed E-state index contributed by atoms with van der Waals surface area (Å²) >= 11 is 0. The Balaban J connectivity index is 1.47. The van der Waals surface area contributed by atoms with Gasteiger partial charge in [-0.2, -0.15) is 0 Å². The Morgan fingerprint density at radius 1 is 0.972 bits per heavy atom. The number of esters is 2. The molecule has 6 aliphatic rings. The molecule has 1 heterocycles. The first kappa shape index (κ1) is 25.0. The van der Waals surface area contributed by atoms with E-state index in [4.69, 9.17) is 9.47 Å². The summed E-state index contributed by atoms with van der Waals surface area (Å²) in [5.74, 6) is 1.66. The molecule has 0 unspecified atom stereocenters. The summed E-state index contributed by atoms with van der Waals surface area (Å²) in [6.45, 7) is 18.6. The summed E-state index contributed by atoms with van der Waals surface area (Å²) in [5.41, 5.74) is -0.198. The number of hydrogen-bond donors (Lipinski definition) is 0. The summed E-state index contributed by atoms with van der Waals surface area (Å²) in [6, 6.07) is 0. The molecular weight excluding hydrogens is 448 g/mol. The van der Waals surface area contributed by atoms with Crippen LogP contribution in [0.1, 0.15) is 107 Å². The molecule has 6 rings (SSSR count). The van der Waals surface area contributed by atoms with Crippen molar-refractivity contribution in [3.8, 4) is 0 Å². The fourth-order valence-electron chi connectivity index (χ4n) is 12.0. The van der Waals surface area contributed by atoms with E-state index in [0.717, 1.165) is 44.9 Å². The zero-order chi connectivity index (χ0) is 26.1. The Bertz CT molecular complexity index is 1030. The number of rotatable bonds is 1. The van der Waals surface area contributed by atoms with Gasteiger partial charge in [-0.25, -0.2) is 0 Å². The number of carbonyl (C=O) groups is 2. The van der Waals surface area contributed by atoms with Crippen molar-refractivity contribution in [3.05, 3.63) is 12.2 Å². The van der Waals surface area contributed by atoms with Gasteiger partial charge in [0.1, 0.15) is 11.7 Å². The monoisotopic (exact) mass is 496 g/mol. The summed E-state index contributed by atoms with van der Waals surface area (Å²) in [4.78, 5) is 25.4. The SMILES string of the molecule is CC(=O)O[C@H]1CC[C@]2(C)[C@H]3C=C[C@]45OC(=O)[C@@H]6CC[C@](C)(CC[C@@]4(C)[C@]3(C)CC[C@H]2C1(C)C)[C@H]5[C@@H]6C. The topological polar surface area (TPSA) is 52.6 Å². The largest absolute Gasteiger partial charge is 0.462 e. The highest BCUT2D eigenvalue weighted by molar-refractivity contribution is 5.75. The molecule has 2 bridgehead atoms. The van der Waals surface area contributed by atoms with Crippen molar-refractivity contribution < 1.29 is 19.1 Å². The van der Waals surface area contributed by atoms with Crippen molar-refractivity contribution in [1.29, 1.82) is 0 Å². The zero-order valence-electron chi connectivity index (χ0n) is 23.9. The summed E-state index contributed by atoms with van der Waals surface area (Å²) in [7, 11) is 0. The number of fused-ring (bicyclic) bond motifs is 5. The van der Waals surface area contributed by atoms with Crippen molar-refractivity contribution >= 4 is 11.9 Å². The Morgan fingerprint density at radius 3 is 2.39 bits per heavy atom. The predicted molar refractivity (Wildman–Crippen MR) is 140 cm³/mol. The Kier molecular flexibility index (Phi) is 5.00. The third-order valence-corrected chi connectivity index (χ3v) is 14.0. The molecule has 0 aromatic heterocycles. The van der Waals surface area contributed by atoms with E-state index in [1.54, 1.807) is 6.92 Å². The Labute approximate surface area is 218 Å². The normalized spacial score (nSPS) is 56.5. The fraction of sp³-hybridized carbons (Fsp3) is 0.875. The van der Waals surface area contributed by atoms with Gasteiger partial charge in [-0.15, -0.1) is 0 Å². The standard InChI is InChI=1S/C32H48O4/c1-19-21-9-13-28(5)17-18-31(8)30(7)15-10-22-27(3,4)24(35-20(2)33)12-14-29(22,6)23(30)11-16-32(31,25(19)28)36-26(21)34/h11,16,19,21-25H,9-10,12-15,17-18H2,1-8H3/t19-,21-,22+,23-,24+,25-,28-,29+,30-,31+,32-/m1/s1. The Hall–Kier alpha value is -1.32. The minimum Gasteiger partial charge on any atom is -0.462 e. The third kappa shape index (κ3) is 2.68. The molecule has 4 nitrogen and oxygen atoms in total. The highest BCUT2D eigenvalue weighted by Gasteiger charge is 2.77. The second-order valence-corrected chi connectivity index (χ2v) is 15.5. The highest BCUT2D eigenvalue weighted by atomic mass is 16.6. The van der Waals surface area contributed by atoms with E-state index in [9.17, 15) is 9.59 Å². The van der Waals surface area contributed by atoms with Gasteiger partial charge >= 0.3 is 11.9 Å². The number of allylic oxidation sites excluding steroid dienone is 1. The maximum Gasteiger partial charge on any atom is 0.310 e. The van der Waals surface area contributed by atoms with Crippen molar-refractivity contribution in [2.45, 2.75) is 118 Å². The molecule has 0 aromatic carbocycles. The van der Waals surface area contributed by atoms with Gasteiger partial charge in [0, 0.05) is 23.7 Å². The van der Waals surface area contributed by atoms with Crippen LogP contribution < -0.4 is 0 Å². The fourth-order valence-corrected chi connectivity index (χ4v) is 12.0. The first-order valence-corrected chi connectivity index (χ1v) is 14.8. The smallest absolute Gasteiger partial charge is 0.310 e. The molecule has 0 aromatic rings. The van der Waals surface area contributed by atoms with Gasteiger partial charge < -0.3 is 9.47 Å². The quantitative estimate of drug-likeness (QED) is 0.287. The molecule has 0 N–H and O–H groups in total. The first-order chi connectivity index (χ1) is 16.7. The van der Waals surface area contributed by atoms with Crippen molar-refractivity contribution in [3.63, 3.8) is 0 Å². The van der Waals surface area contributed by atoms with Crippen LogP contribution in [-0.2, 0) is 19.1 Å². The lowest BCUT2D eigenvalue weighted by Crippen LogP contribution is -2.76. The average molecular weight is 497 g/mol. The van der Waals surface area contributed by atoms with E-state index >= 15 is 0 Å². The van der Waals surface area contributed by atoms with Gasteiger partial charge in [-0.05, 0) is 91.4 Å². The van der Waals surface area contributed by atoms with Crippen LogP contribution in [0.2, 0.25) is 0 Å². The molecule has 4 heteroatoms. The summed E-state index contributed by atoms with van der Waals surface area (Å²) < 4.78 is 12.6. The van der Waals surface area contributed by atoms with E-state index in [1.807, 2.05) is 0 Å². The Morgan fingerprint density at radius 2 is 1.69 bits per heavy atom. The first-order valence-electron chi connectivity index (χ1n) is 14.8. The van der Waals surface area contributed by atoms with Crippen LogP contribution in [0, 0.1) is 56.7 Å². The molecule has 11 atom stereocenters. The zero-order valence-corrected chi connectivity index (χ0v) is 23.9. The van der Waals surface area contributed by atoms with Crippen molar-refractivity contribution in [1.82, 2.24) is 0 Å². The summed E-state index contributed by atoms with van der Waals surface area (Å²) in [5, 5.41) is 0. The number of hydrogen-bond acceptors (Lipinski definition) is 4. The maximum atomic E-state index is 13.5. The maximum absolute atomic E-state index is 13.5. The molecule has 36 heavy (non-hydrogen) atoms.